The summed E-state index contributed by atoms with van der Waals surface area (Å²) in [5.74, 6) is 0.409. The summed E-state index contributed by atoms with van der Waals surface area (Å²) >= 11 is 0. The normalized spacial score (nSPS) is 23.9. The lowest BCUT2D eigenvalue weighted by atomic mass is 9.73. The quantitative estimate of drug-likeness (QED) is 0.883. The third kappa shape index (κ3) is 2.64. The van der Waals surface area contributed by atoms with E-state index in [0.717, 1.165) is 32.4 Å². The Kier molecular flexibility index (Phi) is 4.18. The van der Waals surface area contributed by atoms with E-state index in [1.807, 2.05) is 12.1 Å². The van der Waals surface area contributed by atoms with Gasteiger partial charge < -0.3 is 5.32 Å². The van der Waals surface area contributed by atoms with E-state index < -0.39 is 0 Å². The minimum Gasteiger partial charge on any atom is -0.316 e. The van der Waals surface area contributed by atoms with Gasteiger partial charge in [-0.05, 0) is 43.9 Å². The van der Waals surface area contributed by atoms with E-state index in [-0.39, 0.29) is 5.41 Å². The van der Waals surface area contributed by atoms with Crippen molar-refractivity contribution in [2.24, 2.45) is 5.41 Å². The molecular formula is C16H23NO. The molecule has 1 heterocycles. The Morgan fingerprint density at radius 3 is 2.78 bits per heavy atom. The zero-order chi connectivity index (χ0) is 13.0. The molecule has 1 unspecified atom stereocenters. The number of piperidine rings is 1. The van der Waals surface area contributed by atoms with Crippen molar-refractivity contribution in [2.75, 3.05) is 13.1 Å². The van der Waals surface area contributed by atoms with Crippen molar-refractivity contribution in [3.63, 3.8) is 0 Å². The second-order valence-corrected chi connectivity index (χ2v) is 5.44. The van der Waals surface area contributed by atoms with Gasteiger partial charge in [0.05, 0.1) is 0 Å². The molecule has 0 amide bonds. The van der Waals surface area contributed by atoms with Crippen LogP contribution in [0.15, 0.2) is 24.3 Å². The van der Waals surface area contributed by atoms with Crippen LogP contribution < -0.4 is 5.32 Å². The predicted octanol–water partition coefficient (Wildman–Crippen LogP) is 2.89. The van der Waals surface area contributed by atoms with Crippen LogP contribution in [0.1, 0.15) is 37.3 Å². The molecule has 0 aliphatic carbocycles. The van der Waals surface area contributed by atoms with Crippen molar-refractivity contribution in [2.45, 2.75) is 39.5 Å². The summed E-state index contributed by atoms with van der Waals surface area (Å²) in [4.78, 5) is 12.6. The molecule has 0 spiro atoms. The number of Topliss-reactive ketones (excluding diaryl/α,β-unsaturated/α-hetero) is 1. The van der Waals surface area contributed by atoms with Crippen LogP contribution in [0.3, 0.4) is 0 Å². The maximum Gasteiger partial charge on any atom is 0.144 e. The SMILES string of the molecule is CCC1(C(=O)Cc2ccccc2C)CCCNC1. The van der Waals surface area contributed by atoms with Crippen LogP contribution in [0.5, 0.6) is 0 Å². The van der Waals surface area contributed by atoms with Gasteiger partial charge in [-0.1, -0.05) is 31.2 Å². The van der Waals surface area contributed by atoms with Crippen molar-refractivity contribution in [3.05, 3.63) is 35.4 Å². The summed E-state index contributed by atoms with van der Waals surface area (Å²) in [6, 6.07) is 8.21. The molecule has 2 rings (SSSR count). The highest BCUT2D eigenvalue weighted by Gasteiger charge is 2.37. The van der Waals surface area contributed by atoms with Crippen LogP contribution in [-0.4, -0.2) is 18.9 Å². The largest absolute Gasteiger partial charge is 0.316 e. The third-order valence-corrected chi connectivity index (χ3v) is 4.35. The second kappa shape index (κ2) is 5.66. The molecule has 0 saturated carbocycles. The summed E-state index contributed by atoms with van der Waals surface area (Å²) in [5.41, 5.74) is 2.28. The smallest absolute Gasteiger partial charge is 0.144 e. The van der Waals surface area contributed by atoms with Gasteiger partial charge in [0.15, 0.2) is 0 Å². The van der Waals surface area contributed by atoms with Gasteiger partial charge in [0.2, 0.25) is 0 Å². The van der Waals surface area contributed by atoms with Crippen LogP contribution in [0, 0.1) is 12.3 Å². The molecule has 0 bridgehead atoms. The zero-order valence-electron chi connectivity index (χ0n) is 11.5. The fourth-order valence-corrected chi connectivity index (χ4v) is 2.87. The molecule has 0 aromatic heterocycles. The van der Waals surface area contributed by atoms with E-state index in [2.05, 4.69) is 31.3 Å². The first-order chi connectivity index (χ1) is 8.68. The fraction of sp³-hybridized carbons (Fsp3) is 0.562. The van der Waals surface area contributed by atoms with E-state index in [1.165, 1.54) is 11.1 Å². The average Bonchev–Trinajstić information content (AvgIpc) is 2.42. The maximum absolute atomic E-state index is 12.6. The van der Waals surface area contributed by atoms with Crippen LogP contribution in [-0.2, 0) is 11.2 Å². The van der Waals surface area contributed by atoms with Gasteiger partial charge in [0.1, 0.15) is 5.78 Å². The molecule has 1 atom stereocenters. The first-order valence-electron chi connectivity index (χ1n) is 6.96. The molecule has 1 aliphatic rings. The molecule has 1 fully saturated rings. The van der Waals surface area contributed by atoms with Crippen LogP contribution in [0.4, 0.5) is 0 Å². The molecule has 2 heteroatoms. The van der Waals surface area contributed by atoms with Gasteiger partial charge in [-0.3, -0.25) is 4.79 Å². The number of hydrogen-bond donors (Lipinski definition) is 1. The Labute approximate surface area is 110 Å². The van der Waals surface area contributed by atoms with Crippen LogP contribution >= 0.6 is 0 Å². The zero-order valence-corrected chi connectivity index (χ0v) is 11.5. The molecule has 2 nitrogen and oxygen atoms in total. The predicted molar refractivity (Wildman–Crippen MR) is 74.7 cm³/mol. The molecule has 1 aliphatic heterocycles. The van der Waals surface area contributed by atoms with Gasteiger partial charge in [-0.25, -0.2) is 0 Å². The summed E-state index contributed by atoms with van der Waals surface area (Å²) in [5, 5.41) is 3.39. The highest BCUT2D eigenvalue weighted by molar-refractivity contribution is 5.87. The summed E-state index contributed by atoms with van der Waals surface area (Å²) in [6.07, 6.45) is 3.70. The minimum atomic E-state index is -0.124. The van der Waals surface area contributed by atoms with E-state index in [4.69, 9.17) is 0 Å². The standard InChI is InChI=1S/C16H23NO/c1-3-16(9-6-10-17-12-16)15(18)11-14-8-5-4-7-13(14)2/h4-5,7-8,17H,3,6,9-12H2,1-2H3. The summed E-state index contributed by atoms with van der Waals surface area (Å²) < 4.78 is 0. The minimum absolute atomic E-state index is 0.124. The molecule has 18 heavy (non-hydrogen) atoms. The lowest BCUT2D eigenvalue weighted by Crippen LogP contribution is -2.45. The second-order valence-electron chi connectivity index (χ2n) is 5.44. The number of aryl methyl sites for hydroxylation is 1. The van der Waals surface area contributed by atoms with Crippen LogP contribution in [0.2, 0.25) is 0 Å². The Bertz CT molecular complexity index is 419. The topological polar surface area (TPSA) is 29.1 Å². The molecular weight excluding hydrogens is 222 g/mol. The van der Waals surface area contributed by atoms with E-state index in [0.29, 0.717) is 12.2 Å². The molecule has 1 saturated heterocycles. The van der Waals surface area contributed by atoms with E-state index in [1.54, 1.807) is 0 Å². The highest BCUT2D eigenvalue weighted by Crippen LogP contribution is 2.32. The van der Waals surface area contributed by atoms with E-state index in [9.17, 15) is 4.79 Å². The number of ketones is 1. The number of rotatable bonds is 4. The van der Waals surface area contributed by atoms with Gasteiger partial charge in [0.25, 0.3) is 0 Å². The Morgan fingerprint density at radius 2 is 2.17 bits per heavy atom. The maximum atomic E-state index is 12.6. The van der Waals surface area contributed by atoms with Crippen molar-refractivity contribution in [1.29, 1.82) is 0 Å². The number of carbonyl (C=O) groups is 1. The number of hydrogen-bond acceptors (Lipinski definition) is 2. The summed E-state index contributed by atoms with van der Waals surface area (Å²) in [7, 11) is 0. The lowest BCUT2D eigenvalue weighted by molar-refractivity contribution is -0.129. The Balaban J connectivity index is 2.13. The van der Waals surface area contributed by atoms with Gasteiger partial charge >= 0.3 is 0 Å². The first kappa shape index (κ1) is 13.3. The summed E-state index contributed by atoms with van der Waals surface area (Å²) in [6.45, 7) is 6.14. The molecule has 0 radical (unpaired) electrons. The molecule has 1 aromatic rings. The Hall–Kier alpha value is -1.15. The molecule has 1 N–H and O–H groups in total. The fourth-order valence-electron chi connectivity index (χ4n) is 2.87. The number of nitrogens with one attached hydrogen (secondary N) is 1. The lowest BCUT2D eigenvalue weighted by Gasteiger charge is -2.35. The van der Waals surface area contributed by atoms with Crippen molar-refractivity contribution in [3.8, 4) is 0 Å². The van der Waals surface area contributed by atoms with Gasteiger partial charge in [-0.15, -0.1) is 0 Å². The van der Waals surface area contributed by atoms with Gasteiger partial charge in [0, 0.05) is 18.4 Å². The van der Waals surface area contributed by atoms with Crippen molar-refractivity contribution < 1.29 is 4.79 Å². The van der Waals surface area contributed by atoms with Crippen LogP contribution in [0.25, 0.3) is 0 Å². The third-order valence-electron chi connectivity index (χ3n) is 4.35. The van der Waals surface area contributed by atoms with Crippen molar-refractivity contribution >= 4 is 5.78 Å². The van der Waals surface area contributed by atoms with Crippen molar-refractivity contribution in [1.82, 2.24) is 5.32 Å². The first-order valence-corrected chi connectivity index (χ1v) is 6.96. The van der Waals surface area contributed by atoms with Gasteiger partial charge in [-0.2, -0.15) is 0 Å². The molecule has 98 valence electrons. The monoisotopic (exact) mass is 245 g/mol. The highest BCUT2D eigenvalue weighted by atomic mass is 16.1. The van der Waals surface area contributed by atoms with E-state index >= 15 is 0 Å². The molecule has 1 aromatic carbocycles. The number of carbonyl (C=O) groups excluding carboxylic acids is 1. The Morgan fingerprint density at radius 1 is 1.39 bits per heavy atom. The number of benzene rings is 1. The average molecular weight is 245 g/mol.